The molecule has 5 heteroatoms. The molecule has 0 saturated carbocycles. The van der Waals surface area contributed by atoms with Gasteiger partial charge in [-0.1, -0.05) is 13.8 Å². The second kappa shape index (κ2) is 5.11. The van der Waals surface area contributed by atoms with Gasteiger partial charge in [-0.2, -0.15) is 10.4 Å². The van der Waals surface area contributed by atoms with E-state index in [2.05, 4.69) is 5.10 Å². The second-order valence-electron chi connectivity index (χ2n) is 4.20. The van der Waals surface area contributed by atoms with Crippen molar-refractivity contribution in [2.24, 2.45) is 0 Å². The first-order valence-electron chi connectivity index (χ1n) is 6.18. The number of aryl methyl sites for hydroxylation is 1. The van der Waals surface area contributed by atoms with Crippen molar-refractivity contribution in [3.63, 3.8) is 0 Å². The van der Waals surface area contributed by atoms with E-state index in [0.717, 1.165) is 17.8 Å². The molecule has 2 N–H and O–H groups in total. The van der Waals surface area contributed by atoms with Crippen LogP contribution in [0.15, 0.2) is 18.2 Å². The van der Waals surface area contributed by atoms with Gasteiger partial charge in [-0.25, -0.2) is 9.07 Å². The predicted octanol–water partition coefficient (Wildman–Crippen LogP) is 2.59. The van der Waals surface area contributed by atoms with Gasteiger partial charge in [-0.05, 0) is 31.0 Å². The average molecular weight is 258 g/mol. The van der Waals surface area contributed by atoms with Gasteiger partial charge in [-0.15, -0.1) is 0 Å². The van der Waals surface area contributed by atoms with Gasteiger partial charge in [0.05, 0.1) is 28.3 Å². The molecule has 0 amide bonds. The topological polar surface area (TPSA) is 67.6 Å². The maximum Gasteiger partial charge on any atom is 0.124 e. The Morgan fingerprint density at radius 2 is 2.11 bits per heavy atom. The van der Waals surface area contributed by atoms with E-state index in [-0.39, 0.29) is 5.56 Å². The quantitative estimate of drug-likeness (QED) is 0.920. The van der Waals surface area contributed by atoms with Crippen LogP contribution >= 0.6 is 0 Å². The van der Waals surface area contributed by atoms with Gasteiger partial charge >= 0.3 is 0 Å². The highest BCUT2D eigenvalue weighted by molar-refractivity contribution is 5.56. The van der Waals surface area contributed by atoms with Crippen LogP contribution in [-0.2, 0) is 12.8 Å². The number of hydrogen-bond donors (Lipinski definition) is 1. The smallest absolute Gasteiger partial charge is 0.124 e. The highest BCUT2D eigenvalue weighted by atomic mass is 19.1. The van der Waals surface area contributed by atoms with E-state index in [1.807, 2.05) is 19.9 Å². The SMILES string of the molecule is CCc1nn(-c2ccc(F)cc2C#N)c(CC)c1N. The molecule has 0 bridgehead atoms. The van der Waals surface area contributed by atoms with Crippen LogP contribution in [0.4, 0.5) is 10.1 Å². The summed E-state index contributed by atoms with van der Waals surface area (Å²) in [6.45, 7) is 3.94. The minimum Gasteiger partial charge on any atom is -0.396 e. The number of nitrogen functional groups attached to an aromatic ring is 1. The molecule has 0 aliphatic heterocycles. The lowest BCUT2D eigenvalue weighted by Crippen LogP contribution is -2.05. The summed E-state index contributed by atoms with van der Waals surface area (Å²) in [5.41, 5.74) is 9.15. The molecule has 0 aliphatic carbocycles. The lowest BCUT2D eigenvalue weighted by molar-refractivity contribution is 0.626. The van der Waals surface area contributed by atoms with E-state index in [9.17, 15) is 4.39 Å². The van der Waals surface area contributed by atoms with E-state index in [0.29, 0.717) is 17.8 Å². The fourth-order valence-electron chi connectivity index (χ4n) is 2.10. The van der Waals surface area contributed by atoms with Crippen LogP contribution in [0.3, 0.4) is 0 Å². The normalized spacial score (nSPS) is 10.4. The third-order valence-corrected chi connectivity index (χ3v) is 3.08. The zero-order valence-electron chi connectivity index (χ0n) is 10.9. The zero-order chi connectivity index (χ0) is 14.0. The molecule has 0 aliphatic rings. The van der Waals surface area contributed by atoms with Crippen LogP contribution in [0.1, 0.15) is 30.8 Å². The molecular weight excluding hydrogens is 243 g/mol. The lowest BCUT2D eigenvalue weighted by atomic mass is 10.1. The van der Waals surface area contributed by atoms with Gasteiger partial charge in [0.25, 0.3) is 0 Å². The van der Waals surface area contributed by atoms with Crippen LogP contribution < -0.4 is 5.73 Å². The van der Waals surface area contributed by atoms with Crippen molar-refractivity contribution in [2.45, 2.75) is 26.7 Å². The van der Waals surface area contributed by atoms with E-state index in [1.165, 1.54) is 12.1 Å². The van der Waals surface area contributed by atoms with Crippen molar-refractivity contribution >= 4 is 5.69 Å². The summed E-state index contributed by atoms with van der Waals surface area (Å²) in [6, 6.07) is 6.07. The molecule has 1 heterocycles. The van der Waals surface area contributed by atoms with Crippen molar-refractivity contribution in [3.8, 4) is 11.8 Å². The largest absolute Gasteiger partial charge is 0.396 e. The molecule has 1 aromatic heterocycles. The Morgan fingerprint density at radius 1 is 1.37 bits per heavy atom. The van der Waals surface area contributed by atoms with Gasteiger partial charge in [0, 0.05) is 0 Å². The average Bonchev–Trinajstić information content (AvgIpc) is 2.74. The summed E-state index contributed by atoms with van der Waals surface area (Å²) in [5.74, 6) is -0.436. The first-order valence-corrected chi connectivity index (χ1v) is 6.18. The monoisotopic (exact) mass is 258 g/mol. The van der Waals surface area contributed by atoms with Crippen molar-refractivity contribution in [1.29, 1.82) is 5.26 Å². The molecule has 0 fully saturated rings. The molecular formula is C14H15FN4. The lowest BCUT2D eigenvalue weighted by Gasteiger charge is -2.08. The van der Waals surface area contributed by atoms with Crippen LogP contribution in [0.2, 0.25) is 0 Å². The van der Waals surface area contributed by atoms with E-state index < -0.39 is 5.82 Å². The second-order valence-corrected chi connectivity index (χ2v) is 4.20. The predicted molar refractivity (Wildman–Crippen MR) is 71.4 cm³/mol. The highest BCUT2D eigenvalue weighted by Gasteiger charge is 2.16. The van der Waals surface area contributed by atoms with Crippen molar-refractivity contribution < 1.29 is 4.39 Å². The molecule has 1 aromatic carbocycles. The Bertz CT molecular complexity index is 652. The third-order valence-electron chi connectivity index (χ3n) is 3.08. The summed E-state index contributed by atoms with van der Waals surface area (Å²) < 4.78 is 14.8. The summed E-state index contributed by atoms with van der Waals surface area (Å²) in [7, 11) is 0. The Morgan fingerprint density at radius 3 is 2.68 bits per heavy atom. The zero-order valence-corrected chi connectivity index (χ0v) is 10.9. The number of rotatable bonds is 3. The maximum atomic E-state index is 13.2. The number of anilines is 1. The van der Waals surface area contributed by atoms with Crippen LogP contribution in [0.25, 0.3) is 5.69 Å². The molecule has 0 radical (unpaired) electrons. The number of hydrogen-bond acceptors (Lipinski definition) is 3. The molecule has 2 aromatic rings. The Kier molecular flexibility index (Phi) is 3.52. The highest BCUT2D eigenvalue weighted by Crippen LogP contribution is 2.24. The van der Waals surface area contributed by atoms with Crippen molar-refractivity contribution in [1.82, 2.24) is 9.78 Å². The Hall–Kier alpha value is -2.35. The van der Waals surface area contributed by atoms with E-state index in [1.54, 1.807) is 10.7 Å². The van der Waals surface area contributed by atoms with Crippen LogP contribution in [0.5, 0.6) is 0 Å². The Balaban J connectivity index is 2.69. The van der Waals surface area contributed by atoms with Crippen LogP contribution in [-0.4, -0.2) is 9.78 Å². The number of nitrogens with zero attached hydrogens (tertiary/aromatic N) is 3. The van der Waals surface area contributed by atoms with Crippen molar-refractivity contribution in [2.75, 3.05) is 5.73 Å². The fourth-order valence-corrected chi connectivity index (χ4v) is 2.10. The minimum absolute atomic E-state index is 0.250. The van der Waals surface area contributed by atoms with E-state index in [4.69, 9.17) is 11.0 Å². The van der Waals surface area contributed by atoms with Gasteiger partial charge in [0.2, 0.25) is 0 Å². The molecule has 0 unspecified atom stereocenters. The Labute approximate surface area is 111 Å². The fraction of sp³-hybridized carbons (Fsp3) is 0.286. The summed E-state index contributed by atoms with van der Waals surface area (Å²) >= 11 is 0. The molecule has 0 spiro atoms. The summed E-state index contributed by atoms with van der Waals surface area (Å²) in [6.07, 6.45) is 1.41. The van der Waals surface area contributed by atoms with E-state index >= 15 is 0 Å². The number of benzene rings is 1. The van der Waals surface area contributed by atoms with Gasteiger partial charge in [-0.3, -0.25) is 0 Å². The minimum atomic E-state index is -0.436. The summed E-state index contributed by atoms with van der Waals surface area (Å²) in [5, 5.41) is 13.5. The number of aromatic nitrogens is 2. The van der Waals surface area contributed by atoms with Gasteiger partial charge < -0.3 is 5.73 Å². The summed E-state index contributed by atoms with van der Waals surface area (Å²) in [4.78, 5) is 0. The third kappa shape index (κ3) is 2.17. The molecule has 19 heavy (non-hydrogen) atoms. The first kappa shape index (κ1) is 13.1. The molecule has 0 saturated heterocycles. The molecule has 4 nitrogen and oxygen atoms in total. The number of halogens is 1. The van der Waals surface area contributed by atoms with Gasteiger partial charge in [0.1, 0.15) is 11.9 Å². The van der Waals surface area contributed by atoms with Gasteiger partial charge in [0.15, 0.2) is 0 Å². The van der Waals surface area contributed by atoms with Crippen LogP contribution in [0, 0.1) is 17.1 Å². The standard InChI is InChI=1S/C14H15FN4/c1-3-11-14(17)12(4-2)19(18-11)13-6-5-10(15)7-9(13)8-16/h5-7H,3-4,17H2,1-2H3. The molecule has 2 rings (SSSR count). The number of nitrogens with two attached hydrogens (primary N) is 1. The number of nitriles is 1. The molecule has 0 atom stereocenters. The first-order chi connectivity index (χ1) is 9.12. The van der Waals surface area contributed by atoms with Crippen molar-refractivity contribution in [3.05, 3.63) is 41.0 Å². The maximum absolute atomic E-state index is 13.2. The molecule has 98 valence electrons.